The third-order valence-electron chi connectivity index (χ3n) is 2.65. The monoisotopic (exact) mass is 261 g/mol. The number of nitrogens with zero attached hydrogens (tertiary/aromatic N) is 1. The van der Waals surface area contributed by atoms with Crippen LogP contribution in [-0.4, -0.2) is 11.1 Å². The number of hydrogen-bond donors (Lipinski definition) is 2. The van der Waals surface area contributed by atoms with Crippen LogP contribution >= 0.6 is 0 Å². The molecule has 1 unspecified atom stereocenters. The molecule has 0 spiro atoms. The summed E-state index contributed by atoms with van der Waals surface area (Å²) in [6.45, 7) is 5.84. The van der Waals surface area contributed by atoms with Gasteiger partial charge in [0.15, 0.2) is 0 Å². The number of nitrogens with two attached hydrogens (primary N) is 1. The fraction of sp³-hybridized carbons (Fsp3) is 0.357. The molecular weight excluding hydrogens is 242 g/mol. The second-order valence-corrected chi connectivity index (χ2v) is 4.67. The van der Waals surface area contributed by atoms with Gasteiger partial charge in [-0.25, -0.2) is 5.43 Å². The van der Waals surface area contributed by atoms with E-state index in [2.05, 4.69) is 10.4 Å². The average Bonchev–Trinajstić information content (AvgIpc) is 2.76. The van der Waals surface area contributed by atoms with Crippen molar-refractivity contribution in [2.45, 2.75) is 32.9 Å². The highest BCUT2D eigenvalue weighted by atomic mass is 16.5. The topological polar surface area (TPSA) is 73.3 Å². The minimum atomic E-state index is -0.239. The van der Waals surface area contributed by atoms with Crippen LogP contribution in [0.15, 0.2) is 35.0 Å². The molecule has 0 saturated heterocycles. The number of aromatic nitrogens is 1. The van der Waals surface area contributed by atoms with E-state index >= 15 is 0 Å². The van der Waals surface area contributed by atoms with Crippen LogP contribution in [0.2, 0.25) is 0 Å². The third kappa shape index (κ3) is 3.33. The zero-order chi connectivity index (χ0) is 13.8. The van der Waals surface area contributed by atoms with Crippen LogP contribution in [0, 0.1) is 6.92 Å². The smallest absolute Gasteiger partial charge is 0.138 e. The first-order valence-corrected chi connectivity index (χ1v) is 6.24. The van der Waals surface area contributed by atoms with Crippen molar-refractivity contribution in [1.29, 1.82) is 0 Å². The Balaban J connectivity index is 2.28. The van der Waals surface area contributed by atoms with E-state index in [1.165, 1.54) is 0 Å². The molecule has 0 aliphatic carbocycles. The standard InChI is InChI=1S/C14H19N3O2/c1-9(2)18-12-6-11(7-16-8-12)14(17-15)13-5-4-10(3)19-13/h4-9,14,17H,15H2,1-3H3. The summed E-state index contributed by atoms with van der Waals surface area (Å²) in [5.74, 6) is 7.94. The third-order valence-corrected chi connectivity index (χ3v) is 2.65. The number of hydrogen-bond acceptors (Lipinski definition) is 5. The highest BCUT2D eigenvalue weighted by Crippen LogP contribution is 2.25. The van der Waals surface area contributed by atoms with Crippen molar-refractivity contribution in [2.75, 3.05) is 0 Å². The SMILES string of the molecule is Cc1ccc(C(NN)c2cncc(OC(C)C)c2)o1. The van der Waals surface area contributed by atoms with Gasteiger partial charge >= 0.3 is 0 Å². The van der Waals surface area contributed by atoms with Crippen LogP contribution in [0.4, 0.5) is 0 Å². The first-order valence-electron chi connectivity index (χ1n) is 6.24. The Labute approximate surface area is 112 Å². The molecule has 0 saturated carbocycles. The minimum absolute atomic E-state index is 0.104. The molecule has 0 radical (unpaired) electrons. The molecule has 3 N–H and O–H groups in total. The largest absolute Gasteiger partial charge is 0.489 e. The molecule has 0 amide bonds. The second-order valence-electron chi connectivity index (χ2n) is 4.67. The van der Waals surface area contributed by atoms with Gasteiger partial charge in [0.2, 0.25) is 0 Å². The number of nitrogens with one attached hydrogen (secondary N) is 1. The lowest BCUT2D eigenvalue weighted by Gasteiger charge is -2.15. The van der Waals surface area contributed by atoms with E-state index in [1.807, 2.05) is 39.0 Å². The van der Waals surface area contributed by atoms with Crippen molar-refractivity contribution < 1.29 is 9.15 Å². The summed E-state index contributed by atoms with van der Waals surface area (Å²) >= 11 is 0. The molecule has 0 aliphatic heterocycles. The maximum atomic E-state index is 5.63. The van der Waals surface area contributed by atoms with Crippen molar-refractivity contribution in [1.82, 2.24) is 10.4 Å². The molecule has 2 aromatic heterocycles. The van der Waals surface area contributed by atoms with Gasteiger partial charge in [0.05, 0.1) is 12.3 Å². The van der Waals surface area contributed by atoms with Gasteiger partial charge in [0.1, 0.15) is 23.3 Å². The summed E-state index contributed by atoms with van der Waals surface area (Å²) in [7, 11) is 0. The molecule has 1 atom stereocenters. The molecule has 2 rings (SSSR count). The van der Waals surface area contributed by atoms with E-state index < -0.39 is 0 Å². The Morgan fingerprint density at radius 3 is 2.68 bits per heavy atom. The van der Waals surface area contributed by atoms with Crippen molar-refractivity contribution in [3.8, 4) is 5.75 Å². The van der Waals surface area contributed by atoms with Crippen LogP contribution in [0.1, 0.15) is 37.0 Å². The summed E-state index contributed by atoms with van der Waals surface area (Å²) in [6, 6.07) is 5.48. The van der Waals surface area contributed by atoms with Crippen molar-refractivity contribution in [3.05, 3.63) is 47.7 Å². The fourth-order valence-corrected chi connectivity index (χ4v) is 1.88. The number of furan rings is 1. The van der Waals surface area contributed by atoms with E-state index in [0.29, 0.717) is 0 Å². The number of aryl methyl sites for hydroxylation is 1. The van der Waals surface area contributed by atoms with Gasteiger partial charge in [-0.3, -0.25) is 10.8 Å². The van der Waals surface area contributed by atoms with Crippen LogP contribution in [0.3, 0.4) is 0 Å². The van der Waals surface area contributed by atoms with Gasteiger partial charge < -0.3 is 9.15 Å². The lowest BCUT2D eigenvalue weighted by Crippen LogP contribution is -2.28. The number of ether oxygens (including phenoxy) is 1. The Kier molecular flexibility index (Phi) is 4.19. The highest BCUT2D eigenvalue weighted by Gasteiger charge is 2.17. The van der Waals surface area contributed by atoms with Crippen molar-refractivity contribution in [2.24, 2.45) is 5.84 Å². The maximum absolute atomic E-state index is 5.63. The molecule has 5 nitrogen and oxygen atoms in total. The number of pyridine rings is 1. The number of rotatable bonds is 5. The molecule has 0 aromatic carbocycles. The molecule has 102 valence electrons. The normalized spacial score (nSPS) is 12.7. The Hall–Kier alpha value is -1.85. The summed E-state index contributed by atoms with van der Waals surface area (Å²) in [4.78, 5) is 4.18. The summed E-state index contributed by atoms with van der Waals surface area (Å²) < 4.78 is 11.2. The summed E-state index contributed by atoms with van der Waals surface area (Å²) in [5, 5.41) is 0. The van der Waals surface area contributed by atoms with Crippen molar-refractivity contribution in [3.63, 3.8) is 0 Å². The van der Waals surface area contributed by atoms with Crippen LogP contribution in [0.5, 0.6) is 5.75 Å². The van der Waals surface area contributed by atoms with Crippen LogP contribution < -0.4 is 16.0 Å². The van der Waals surface area contributed by atoms with Gasteiger partial charge in [-0.2, -0.15) is 0 Å². The fourth-order valence-electron chi connectivity index (χ4n) is 1.88. The lowest BCUT2D eigenvalue weighted by molar-refractivity contribution is 0.241. The molecule has 2 heterocycles. The Bertz CT molecular complexity index is 537. The predicted molar refractivity (Wildman–Crippen MR) is 72.6 cm³/mol. The summed E-state index contributed by atoms with van der Waals surface area (Å²) in [6.07, 6.45) is 3.53. The van der Waals surface area contributed by atoms with E-state index in [1.54, 1.807) is 12.4 Å². The maximum Gasteiger partial charge on any atom is 0.138 e. The summed E-state index contributed by atoms with van der Waals surface area (Å²) in [5.41, 5.74) is 3.64. The van der Waals surface area contributed by atoms with E-state index in [9.17, 15) is 0 Å². The Morgan fingerprint density at radius 2 is 2.11 bits per heavy atom. The molecular formula is C14H19N3O2. The van der Waals surface area contributed by atoms with E-state index in [-0.39, 0.29) is 12.1 Å². The number of hydrazine groups is 1. The molecule has 19 heavy (non-hydrogen) atoms. The van der Waals surface area contributed by atoms with Crippen molar-refractivity contribution >= 4 is 0 Å². The second kappa shape index (κ2) is 5.86. The van der Waals surface area contributed by atoms with Gasteiger partial charge in [0.25, 0.3) is 0 Å². The molecule has 2 aromatic rings. The first kappa shape index (κ1) is 13.6. The van der Waals surface area contributed by atoms with Gasteiger partial charge in [-0.05, 0) is 44.5 Å². The molecule has 5 heteroatoms. The Morgan fingerprint density at radius 1 is 1.32 bits per heavy atom. The van der Waals surface area contributed by atoms with Gasteiger partial charge in [-0.15, -0.1) is 0 Å². The zero-order valence-corrected chi connectivity index (χ0v) is 11.4. The van der Waals surface area contributed by atoms with Crippen LogP contribution in [0.25, 0.3) is 0 Å². The minimum Gasteiger partial charge on any atom is -0.489 e. The van der Waals surface area contributed by atoms with Gasteiger partial charge in [0, 0.05) is 6.20 Å². The average molecular weight is 261 g/mol. The van der Waals surface area contributed by atoms with E-state index in [0.717, 1.165) is 22.8 Å². The zero-order valence-electron chi connectivity index (χ0n) is 11.4. The predicted octanol–water partition coefficient (Wildman–Crippen LogP) is 2.32. The van der Waals surface area contributed by atoms with Crippen LogP contribution in [-0.2, 0) is 0 Å². The van der Waals surface area contributed by atoms with E-state index in [4.69, 9.17) is 15.0 Å². The molecule has 0 fully saturated rings. The lowest BCUT2D eigenvalue weighted by atomic mass is 10.1. The quantitative estimate of drug-likeness (QED) is 0.638. The molecule has 0 bridgehead atoms. The first-order chi connectivity index (χ1) is 9.10. The van der Waals surface area contributed by atoms with Gasteiger partial charge in [-0.1, -0.05) is 0 Å². The highest BCUT2D eigenvalue weighted by molar-refractivity contribution is 5.31. The molecule has 0 aliphatic rings.